The summed E-state index contributed by atoms with van der Waals surface area (Å²) in [6.45, 7) is 0. The smallest absolute Gasteiger partial charge is 0.169 e. The van der Waals surface area contributed by atoms with E-state index in [1.807, 2.05) is 15.8 Å². The summed E-state index contributed by atoms with van der Waals surface area (Å²) in [7, 11) is 0. The molecule has 3 aromatic rings. The van der Waals surface area contributed by atoms with Crippen LogP contribution in [-0.2, 0) is 0 Å². The number of hydrogen-bond donors (Lipinski definition) is 0. The minimum atomic E-state index is 0.591. The minimum absolute atomic E-state index is 0.591. The lowest BCUT2D eigenvalue weighted by Gasteiger charge is -1.97. The monoisotopic (exact) mass is 304 g/mol. The van der Waals surface area contributed by atoms with E-state index < -0.39 is 0 Å². The van der Waals surface area contributed by atoms with Crippen molar-refractivity contribution >= 4 is 32.9 Å². The maximum Gasteiger partial charge on any atom is 0.169 e. The highest BCUT2D eigenvalue weighted by atomic mass is 79.9. The molecular formula is C11H5BrN4S. The highest BCUT2D eigenvalue weighted by Crippen LogP contribution is 2.28. The van der Waals surface area contributed by atoms with Gasteiger partial charge in [0.25, 0.3) is 0 Å². The van der Waals surface area contributed by atoms with Crippen molar-refractivity contribution in [2.75, 3.05) is 0 Å². The standard InChI is InChI=1S/C11H5BrN4S/c12-9-3-8(6-17-9)11-15-14-10-2-1-7(4-13)5-16(10)11/h1-3,5-6H. The number of hydrogen-bond acceptors (Lipinski definition) is 4. The largest absolute Gasteiger partial charge is 0.281 e. The molecule has 0 aliphatic rings. The Hall–Kier alpha value is -1.71. The van der Waals surface area contributed by atoms with Crippen molar-refractivity contribution in [1.82, 2.24) is 14.6 Å². The summed E-state index contributed by atoms with van der Waals surface area (Å²) in [5.41, 5.74) is 2.32. The van der Waals surface area contributed by atoms with Crippen LogP contribution in [0.25, 0.3) is 17.0 Å². The SMILES string of the molecule is N#Cc1ccc2nnc(-c3csc(Br)c3)n2c1. The Morgan fingerprint density at radius 2 is 2.24 bits per heavy atom. The van der Waals surface area contributed by atoms with Crippen LogP contribution < -0.4 is 0 Å². The molecule has 0 fully saturated rings. The Kier molecular flexibility index (Phi) is 2.42. The van der Waals surface area contributed by atoms with Crippen molar-refractivity contribution in [2.24, 2.45) is 0 Å². The van der Waals surface area contributed by atoms with E-state index in [0.29, 0.717) is 5.56 Å². The molecule has 0 N–H and O–H groups in total. The summed E-state index contributed by atoms with van der Waals surface area (Å²) in [5.74, 6) is 0.749. The normalized spacial score (nSPS) is 10.6. The molecule has 4 nitrogen and oxygen atoms in total. The van der Waals surface area contributed by atoms with Crippen LogP contribution in [0.4, 0.5) is 0 Å². The van der Waals surface area contributed by atoms with Crippen LogP contribution in [-0.4, -0.2) is 14.6 Å². The third kappa shape index (κ3) is 1.73. The summed E-state index contributed by atoms with van der Waals surface area (Å²) >= 11 is 5.01. The van der Waals surface area contributed by atoms with Crippen molar-refractivity contribution in [2.45, 2.75) is 0 Å². The second kappa shape index (κ2) is 3.95. The molecule has 6 heteroatoms. The molecular weight excluding hydrogens is 300 g/mol. The van der Waals surface area contributed by atoms with E-state index in [1.165, 1.54) is 0 Å². The molecule has 0 spiro atoms. The maximum absolute atomic E-state index is 8.89. The summed E-state index contributed by atoms with van der Waals surface area (Å²) in [6.07, 6.45) is 1.75. The number of nitriles is 1. The maximum atomic E-state index is 8.89. The second-order valence-electron chi connectivity index (χ2n) is 3.42. The zero-order valence-electron chi connectivity index (χ0n) is 8.46. The Balaban J connectivity index is 2.27. The number of aromatic nitrogens is 3. The summed E-state index contributed by atoms with van der Waals surface area (Å²) in [5, 5.41) is 19.1. The third-order valence-electron chi connectivity index (χ3n) is 2.36. The Bertz CT molecular complexity index is 737. The van der Waals surface area contributed by atoms with E-state index >= 15 is 0 Å². The van der Waals surface area contributed by atoms with E-state index in [-0.39, 0.29) is 0 Å². The lowest BCUT2D eigenvalue weighted by atomic mass is 10.3. The van der Waals surface area contributed by atoms with Crippen LogP contribution in [0, 0.1) is 11.3 Å². The number of halogens is 1. The number of rotatable bonds is 1. The lowest BCUT2D eigenvalue weighted by molar-refractivity contribution is 1.11. The number of nitrogens with zero attached hydrogens (tertiary/aromatic N) is 4. The zero-order valence-corrected chi connectivity index (χ0v) is 10.9. The fourth-order valence-corrected chi connectivity index (χ4v) is 2.72. The topological polar surface area (TPSA) is 54.0 Å². The van der Waals surface area contributed by atoms with E-state index in [0.717, 1.165) is 20.8 Å². The van der Waals surface area contributed by atoms with Gasteiger partial charge >= 0.3 is 0 Å². The van der Waals surface area contributed by atoms with Gasteiger partial charge in [-0.15, -0.1) is 21.5 Å². The molecule has 0 atom stereocenters. The number of thiophene rings is 1. The van der Waals surface area contributed by atoms with E-state index in [1.54, 1.807) is 29.7 Å². The van der Waals surface area contributed by atoms with Crippen LogP contribution in [0.2, 0.25) is 0 Å². The minimum Gasteiger partial charge on any atom is -0.281 e. The predicted octanol–water partition coefficient (Wildman–Crippen LogP) is 3.09. The molecule has 0 unspecified atom stereocenters. The molecule has 3 heterocycles. The Labute approximate surface area is 109 Å². The van der Waals surface area contributed by atoms with Gasteiger partial charge in [0, 0.05) is 17.1 Å². The van der Waals surface area contributed by atoms with Gasteiger partial charge in [-0.05, 0) is 34.1 Å². The summed E-state index contributed by atoms with van der Waals surface area (Å²) in [4.78, 5) is 0. The highest BCUT2D eigenvalue weighted by molar-refractivity contribution is 9.11. The summed E-state index contributed by atoms with van der Waals surface area (Å²) < 4.78 is 2.87. The highest BCUT2D eigenvalue weighted by Gasteiger charge is 2.09. The molecule has 0 aromatic carbocycles. The quantitative estimate of drug-likeness (QED) is 0.694. The molecule has 0 radical (unpaired) electrons. The molecule has 0 saturated heterocycles. The number of pyridine rings is 1. The van der Waals surface area contributed by atoms with Gasteiger partial charge in [-0.1, -0.05) is 0 Å². The first-order valence-electron chi connectivity index (χ1n) is 4.77. The average Bonchev–Trinajstić information content (AvgIpc) is 2.93. The van der Waals surface area contributed by atoms with E-state index in [9.17, 15) is 0 Å². The molecule has 82 valence electrons. The zero-order chi connectivity index (χ0) is 11.8. The fraction of sp³-hybridized carbons (Fsp3) is 0. The number of fused-ring (bicyclic) bond motifs is 1. The Morgan fingerprint density at radius 1 is 1.35 bits per heavy atom. The van der Waals surface area contributed by atoms with Crippen LogP contribution in [0.5, 0.6) is 0 Å². The van der Waals surface area contributed by atoms with Gasteiger partial charge in [0.1, 0.15) is 6.07 Å². The van der Waals surface area contributed by atoms with Crippen molar-refractivity contribution < 1.29 is 0 Å². The van der Waals surface area contributed by atoms with Gasteiger partial charge < -0.3 is 0 Å². The van der Waals surface area contributed by atoms with Crippen LogP contribution in [0.1, 0.15) is 5.56 Å². The molecule has 3 aromatic heterocycles. The van der Waals surface area contributed by atoms with Gasteiger partial charge in [0.2, 0.25) is 0 Å². The van der Waals surface area contributed by atoms with Gasteiger partial charge in [-0.25, -0.2) is 0 Å². The molecule has 3 rings (SSSR count). The van der Waals surface area contributed by atoms with Crippen LogP contribution in [0.15, 0.2) is 33.6 Å². The van der Waals surface area contributed by atoms with E-state index in [4.69, 9.17) is 5.26 Å². The van der Waals surface area contributed by atoms with Gasteiger partial charge in [-0.2, -0.15) is 5.26 Å². The molecule has 0 amide bonds. The van der Waals surface area contributed by atoms with Crippen LogP contribution in [0.3, 0.4) is 0 Å². The summed E-state index contributed by atoms with van der Waals surface area (Å²) in [6, 6.07) is 7.62. The molecule has 0 bridgehead atoms. The molecule has 0 aliphatic heterocycles. The average molecular weight is 305 g/mol. The predicted molar refractivity (Wildman–Crippen MR) is 68.7 cm³/mol. The second-order valence-corrected chi connectivity index (χ2v) is 5.71. The van der Waals surface area contributed by atoms with Crippen molar-refractivity contribution in [1.29, 1.82) is 5.26 Å². The molecule has 0 saturated carbocycles. The van der Waals surface area contributed by atoms with Crippen LogP contribution >= 0.6 is 27.3 Å². The van der Waals surface area contributed by atoms with Crippen molar-refractivity contribution in [3.8, 4) is 17.5 Å². The third-order valence-corrected chi connectivity index (χ3v) is 3.86. The van der Waals surface area contributed by atoms with Crippen molar-refractivity contribution in [3.05, 3.63) is 39.1 Å². The first kappa shape index (κ1) is 10.4. The first-order valence-corrected chi connectivity index (χ1v) is 6.44. The molecule has 0 aliphatic carbocycles. The van der Waals surface area contributed by atoms with Gasteiger partial charge in [0.15, 0.2) is 11.5 Å². The van der Waals surface area contributed by atoms with Crippen molar-refractivity contribution in [3.63, 3.8) is 0 Å². The van der Waals surface area contributed by atoms with E-state index in [2.05, 4.69) is 32.2 Å². The van der Waals surface area contributed by atoms with Gasteiger partial charge in [0.05, 0.1) is 9.35 Å². The lowest BCUT2D eigenvalue weighted by Crippen LogP contribution is -1.89. The first-order chi connectivity index (χ1) is 8.28. The van der Waals surface area contributed by atoms with Gasteiger partial charge in [-0.3, -0.25) is 4.40 Å². The fourth-order valence-electron chi connectivity index (χ4n) is 1.58. The Morgan fingerprint density at radius 3 is 2.94 bits per heavy atom. The molecule has 17 heavy (non-hydrogen) atoms.